The van der Waals surface area contributed by atoms with Crippen molar-refractivity contribution in [2.45, 2.75) is 82.0 Å². The highest BCUT2D eigenvalue weighted by molar-refractivity contribution is 8.16. The van der Waals surface area contributed by atoms with Crippen LogP contribution in [0.15, 0.2) is 30.3 Å². The van der Waals surface area contributed by atoms with E-state index in [9.17, 15) is 0 Å². The lowest BCUT2D eigenvalue weighted by Crippen LogP contribution is -2.39. The Hall–Kier alpha value is 0.0469. The van der Waals surface area contributed by atoms with Crippen LogP contribution in [0.3, 0.4) is 0 Å². The highest BCUT2D eigenvalue weighted by Crippen LogP contribution is 2.54. The zero-order chi connectivity index (χ0) is 23.1. The molecule has 0 N–H and O–H groups in total. The van der Waals surface area contributed by atoms with Crippen LogP contribution in [0.5, 0.6) is 0 Å². The number of para-hydroxylation sites is 1. The molecule has 0 saturated carbocycles. The van der Waals surface area contributed by atoms with Gasteiger partial charge in [0.25, 0.3) is 0 Å². The molecule has 1 unspecified atom stereocenters. The molecule has 1 aromatic rings. The van der Waals surface area contributed by atoms with Gasteiger partial charge in [0.15, 0.2) is 8.24 Å². The fourth-order valence-electron chi connectivity index (χ4n) is 3.04. The van der Waals surface area contributed by atoms with Crippen LogP contribution in [0.1, 0.15) is 62.3 Å². The Morgan fingerprint density at radius 1 is 0.767 bits per heavy atom. The third-order valence-electron chi connectivity index (χ3n) is 4.65. The molecule has 0 aliphatic carbocycles. The molecular weight excluding hydrogens is 454 g/mol. The van der Waals surface area contributed by atoms with Crippen LogP contribution >= 0.6 is 31.3 Å². The van der Waals surface area contributed by atoms with Crippen molar-refractivity contribution in [1.29, 1.82) is 0 Å². The van der Waals surface area contributed by atoms with Crippen molar-refractivity contribution in [3.63, 3.8) is 0 Å². The molecule has 1 aliphatic rings. The summed E-state index contributed by atoms with van der Waals surface area (Å²) in [6.07, 6.45) is 0. The van der Waals surface area contributed by atoms with Crippen molar-refractivity contribution >= 4 is 60.3 Å². The van der Waals surface area contributed by atoms with E-state index in [-0.39, 0.29) is 23.1 Å². The van der Waals surface area contributed by atoms with Gasteiger partial charge in [-0.05, 0) is 35.2 Å². The van der Waals surface area contributed by atoms with Crippen molar-refractivity contribution < 1.29 is 0 Å². The number of hydrogen-bond acceptors (Lipinski definition) is 0. The summed E-state index contributed by atoms with van der Waals surface area (Å²) in [7, 11) is 2.97. The Balaban J connectivity index is 2.95. The van der Waals surface area contributed by atoms with Gasteiger partial charge >= 0.3 is 0 Å². The molecule has 0 saturated heterocycles. The van der Waals surface area contributed by atoms with Crippen LogP contribution < -0.4 is 4.34 Å². The molecule has 0 radical (unpaired) electrons. The minimum atomic E-state index is -1.54. The maximum absolute atomic E-state index is 2.77. The minimum absolute atomic E-state index is 0.213. The number of nitrogens with zero attached hydrogens (tertiary/aromatic N) is 1. The molecule has 1 atom stereocenters. The van der Waals surface area contributed by atoms with Crippen LogP contribution in [-0.2, 0) is 0 Å². The molecule has 0 amide bonds. The first-order valence-corrected chi connectivity index (χ1v) is 19.0. The Kier molecular flexibility index (Phi) is 8.00. The summed E-state index contributed by atoms with van der Waals surface area (Å²) in [5.74, 6) is 0. The van der Waals surface area contributed by atoms with Crippen molar-refractivity contribution in [2.24, 2.45) is 16.2 Å². The van der Waals surface area contributed by atoms with Gasteiger partial charge < -0.3 is 4.34 Å². The lowest BCUT2D eigenvalue weighted by molar-refractivity contribution is 0.603. The van der Waals surface area contributed by atoms with Crippen molar-refractivity contribution in [3.8, 4) is 0 Å². The fraction of sp³-hybridized carbons (Fsp3) is 0.625. The summed E-state index contributed by atoms with van der Waals surface area (Å²) in [5.41, 5.74) is 2.06. The summed E-state index contributed by atoms with van der Waals surface area (Å²) in [6, 6.07) is 11.1. The molecule has 2 rings (SSSR count). The first-order chi connectivity index (χ1) is 13.4. The standard InChI is InChI=1S/C24H41NP4Si/c1-22(2,3)19-26-20(23(4,5)6)29(21(27-19)24(7,8)9)28-25(30(10,11)12)18-16-14-13-15-17-18/h13-17H,1-12H3. The zero-order valence-electron chi connectivity index (χ0n) is 21.1. The molecule has 1 aliphatic heterocycles. The smallest absolute Gasteiger partial charge is 0.158 e. The molecule has 0 bridgehead atoms. The predicted molar refractivity (Wildman–Crippen MR) is 153 cm³/mol. The maximum atomic E-state index is 2.77. The number of rotatable bonds is 3. The van der Waals surface area contributed by atoms with Gasteiger partial charge in [-0.2, -0.15) is 0 Å². The van der Waals surface area contributed by atoms with Crippen molar-refractivity contribution in [1.82, 2.24) is 0 Å². The molecule has 1 aromatic carbocycles. The van der Waals surface area contributed by atoms with Crippen molar-refractivity contribution in [2.75, 3.05) is 4.34 Å². The molecule has 1 nitrogen and oxygen atoms in total. The van der Waals surface area contributed by atoms with Crippen LogP contribution in [0.4, 0.5) is 5.69 Å². The Morgan fingerprint density at radius 2 is 1.30 bits per heavy atom. The Morgan fingerprint density at radius 3 is 1.70 bits per heavy atom. The average molecular weight is 496 g/mol. The van der Waals surface area contributed by atoms with Crippen LogP contribution in [0.25, 0.3) is 0 Å². The predicted octanol–water partition coefficient (Wildman–Crippen LogP) is 10.0. The van der Waals surface area contributed by atoms with Gasteiger partial charge in [-0.15, -0.1) is 0 Å². The van der Waals surface area contributed by atoms with E-state index in [1.165, 1.54) is 30.1 Å². The maximum Gasteiger partial charge on any atom is 0.158 e. The molecule has 0 spiro atoms. The quantitative estimate of drug-likeness (QED) is 0.298. The van der Waals surface area contributed by atoms with Gasteiger partial charge in [-0.25, -0.2) is 0 Å². The van der Waals surface area contributed by atoms with Crippen molar-refractivity contribution in [3.05, 3.63) is 30.3 Å². The van der Waals surface area contributed by atoms with Gasteiger partial charge in [0.2, 0.25) is 0 Å². The minimum Gasteiger partial charge on any atom is -0.349 e. The average Bonchev–Trinajstić information content (AvgIpc) is 2.56. The van der Waals surface area contributed by atoms with E-state index >= 15 is 0 Å². The van der Waals surface area contributed by atoms with Gasteiger partial charge in [-0.1, -0.05) is 117 Å². The van der Waals surface area contributed by atoms with Gasteiger partial charge in [-0.3, -0.25) is 0 Å². The number of benzene rings is 1. The highest BCUT2D eigenvalue weighted by atomic mass is 31.8. The summed E-state index contributed by atoms with van der Waals surface area (Å²) < 4.78 is 2.77. The lowest BCUT2D eigenvalue weighted by Gasteiger charge is -2.36. The summed E-state index contributed by atoms with van der Waals surface area (Å²) in [4.78, 5) is 0. The highest BCUT2D eigenvalue weighted by Gasteiger charge is 2.33. The molecule has 0 aromatic heterocycles. The molecule has 1 heterocycles. The van der Waals surface area contributed by atoms with E-state index in [1.807, 2.05) is 0 Å². The number of hydrogen-bond donors (Lipinski definition) is 0. The largest absolute Gasteiger partial charge is 0.349 e. The van der Waals surface area contributed by atoms with Gasteiger partial charge in [0, 0.05) is 28.8 Å². The second kappa shape index (κ2) is 9.12. The second-order valence-corrected chi connectivity index (χ2v) is 24.5. The van der Waals surface area contributed by atoms with Gasteiger partial charge in [0.1, 0.15) is 0 Å². The van der Waals surface area contributed by atoms with Gasteiger partial charge in [0.05, 0.1) is 0 Å². The fourth-order valence-corrected chi connectivity index (χ4v) is 20.2. The van der Waals surface area contributed by atoms with Crippen LogP contribution in [0, 0.1) is 16.2 Å². The van der Waals surface area contributed by atoms with E-state index in [2.05, 4.69) is 117 Å². The normalized spacial score (nSPS) is 18.8. The third kappa shape index (κ3) is 6.53. The Labute approximate surface area is 192 Å². The molecular formula is C24H41NP4Si. The van der Waals surface area contributed by atoms with Crippen LogP contribution in [-0.4, -0.2) is 23.3 Å². The summed E-state index contributed by atoms with van der Waals surface area (Å²) in [5, 5.41) is 5.18. The van der Waals surface area contributed by atoms with E-state index < -0.39 is 8.24 Å². The Bertz CT molecular complexity index is 922. The van der Waals surface area contributed by atoms with Crippen LogP contribution in [0.2, 0.25) is 19.6 Å². The molecule has 0 fully saturated rings. The monoisotopic (exact) mass is 495 g/mol. The number of anilines is 1. The molecule has 166 valence electrons. The van der Waals surface area contributed by atoms with E-state index in [0.29, 0.717) is 0 Å². The SMILES string of the molecule is CC(C)(C)C1=PC(C(C)(C)C)=P(=PN(c2ccccc2)[Si](C)(C)C)C(C(C)(C)C)=P1. The van der Waals surface area contributed by atoms with E-state index in [0.717, 1.165) is 0 Å². The molecule has 30 heavy (non-hydrogen) atoms. The first-order valence-electron chi connectivity index (χ1n) is 10.8. The first kappa shape index (κ1) is 26.3. The topological polar surface area (TPSA) is 3.24 Å². The summed E-state index contributed by atoms with van der Waals surface area (Å²) in [6.45, 7) is 28.9. The third-order valence-corrected chi connectivity index (χ3v) is 20.7. The lowest BCUT2D eigenvalue weighted by atomic mass is 10.00. The second-order valence-electron chi connectivity index (χ2n) is 12.2. The van der Waals surface area contributed by atoms with E-state index in [4.69, 9.17) is 0 Å². The zero-order valence-corrected chi connectivity index (χ0v) is 25.7. The summed E-state index contributed by atoms with van der Waals surface area (Å²) >= 11 is 0. The van der Waals surface area contributed by atoms with E-state index in [1.54, 1.807) is 15.1 Å². The molecule has 6 heteroatoms.